The van der Waals surface area contributed by atoms with Crippen molar-refractivity contribution in [3.8, 4) is 0 Å². The summed E-state index contributed by atoms with van der Waals surface area (Å²) in [5.74, 6) is -1.60. The molecule has 1 heterocycles. The molecular weight excluding hydrogens is 291 g/mol. The number of likely N-dealkylation sites (tertiary alicyclic amines) is 1. The van der Waals surface area contributed by atoms with Gasteiger partial charge in [0.25, 0.3) is 0 Å². The molecule has 1 saturated heterocycles. The largest absolute Gasteiger partial charge is 0.465 e. The fourth-order valence-corrected chi connectivity index (χ4v) is 1.96. The van der Waals surface area contributed by atoms with Crippen LogP contribution in [0.25, 0.3) is 0 Å². The van der Waals surface area contributed by atoms with Gasteiger partial charge in [0.15, 0.2) is 0 Å². The average molecular weight is 314 g/mol. The van der Waals surface area contributed by atoms with Crippen LogP contribution in [-0.2, 0) is 19.1 Å². The molecule has 0 aromatic heterocycles. The van der Waals surface area contributed by atoms with Crippen LogP contribution in [0.2, 0.25) is 0 Å². The van der Waals surface area contributed by atoms with E-state index in [-0.39, 0.29) is 23.1 Å². The first kappa shape index (κ1) is 19.8. The quantitative estimate of drug-likeness (QED) is 0.315. The fourth-order valence-electron chi connectivity index (χ4n) is 1.96. The number of esters is 1. The van der Waals surface area contributed by atoms with E-state index in [9.17, 15) is 14.4 Å². The van der Waals surface area contributed by atoms with Gasteiger partial charge in [-0.15, -0.1) is 0 Å². The molecule has 0 aliphatic carbocycles. The Morgan fingerprint density at radius 2 is 2.14 bits per heavy atom. The van der Waals surface area contributed by atoms with Gasteiger partial charge in [-0.3, -0.25) is 19.1 Å². The van der Waals surface area contributed by atoms with Crippen molar-refractivity contribution in [1.29, 1.82) is 0 Å². The summed E-state index contributed by atoms with van der Waals surface area (Å²) < 4.78 is 5.09. The minimum atomic E-state index is -0.703. The van der Waals surface area contributed by atoms with E-state index in [0.717, 1.165) is 0 Å². The molecule has 0 spiro atoms. The fraction of sp³-hybridized carbons (Fsp3) is 0.533. The Balaban J connectivity index is 0.00000441. The van der Waals surface area contributed by atoms with Crippen LogP contribution in [0.1, 0.15) is 26.2 Å². The number of hydrogen-bond acceptors (Lipinski definition) is 4. The molecule has 0 saturated carbocycles. The zero-order valence-corrected chi connectivity index (χ0v) is 12.8. The molecule has 1 fully saturated rings. The number of carbonyl (C=O) groups excluding carboxylic acids is 3. The number of amides is 2. The van der Waals surface area contributed by atoms with Crippen molar-refractivity contribution < 1.29 is 23.8 Å². The van der Waals surface area contributed by atoms with Crippen molar-refractivity contribution in [3.05, 3.63) is 24.9 Å². The van der Waals surface area contributed by atoms with Crippen LogP contribution >= 0.6 is 0 Å². The monoisotopic (exact) mass is 314 g/mol. The maximum Gasteiger partial charge on any atom is 0.318 e. The SMILES string of the molecule is C=CN1CCC(C(=O)OCCCCNC(=O)C(=C)C)C1=O.F. The van der Waals surface area contributed by atoms with Crippen LogP contribution in [0.15, 0.2) is 24.9 Å². The Morgan fingerprint density at radius 1 is 1.45 bits per heavy atom. The molecule has 0 aromatic rings. The number of carbonyl (C=O) groups is 3. The molecule has 0 bridgehead atoms. The van der Waals surface area contributed by atoms with Crippen molar-refractivity contribution in [2.24, 2.45) is 5.92 Å². The van der Waals surface area contributed by atoms with Crippen molar-refractivity contribution in [2.75, 3.05) is 19.7 Å². The predicted molar refractivity (Wildman–Crippen MR) is 80.5 cm³/mol. The summed E-state index contributed by atoms with van der Waals surface area (Å²) in [6, 6.07) is 0. The first-order valence-electron chi connectivity index (χ1n) is 7.00. The van der Waals surface area contributed by atoms with E-state index in [1.165, 1.54) is 11.1 Å². The minimum Gasteiger partial charge on any atom is -0.465 e. The molecule has 1 N–H and O–H groups in total. The van der Waals surface area contributed by atoms with Gasteiger partial charge in [-0.05, 0) is 32.4 Å². The molecule has 22 heavy (non-hydrogen) atoms. The maximum absolute atomic E-state index is 11.8. The number of halogens is 1. The number of nitrogens with one attached hydrogen (secondary N) is 1. The Labute approximate surface area is 129 Å². The molecule has 0 radical (unpaired) electrons. The van der Waals surface area contributed by atoms with Gasteiger partial charge < -0.3 is 15.0 Å². The standard InChI is InChI=1S/C15H22N2O4.FH/c1-4-17-9-7-12(14(17)19)15(20)21-10-6-5-8-16-13(18)11(2)3;/h4,12H,1-2,5-10H2,3H3,(H,16,18);1H. The van der Waals surface area contributed by atoms with E-state index >= 15 is 0 Å². The van der Waals surface area contributed by atoms with Crippen molar-refractivity contribution >= 4 is 17.8 Å². The van der Waals surface area contributed by atoms with Crippen molar-refractivity contribution in [1.82, 2.24) is 10.2 Å². The third-order valence-corrected chi connectivity index (χ3v) is 3.23. The van der Waals surface area contributed by atoms with Crippen LogP contribution in [0.4, 0.5) is 4.70 Å². The summed E-state index contributed by atoms with van der Waals surface area (Å²) in [6.45, 7) is 9.96. The summed E-state index contributed by atoms with van der Waals surface area (Å²) in [4.78, 5) is 36.1. The second kappa shape index (κ2) is 9.70. The lowest BCUT2D eigenvalue weighted by Gasteiger charge is -2.11. The van der Waals surface area contributed by atoms with Gasteiger partial charge in [0.1, 0.15) is 5.92 Å². The first-order chi connectivity index (χ1) is 9.97. The summed E-state index contributed by atoms with van der Waals surface area (Å²) in [5.41, 5.74) is 0.466. The smallest absolute Gasteiger partial charge is 0.318 e. The molecule has 0 aromatic carbocycles. The Morgan fingerprint density at radius 3 is 2.68 bits per heavy atom. The maximum atomic E-state index is 11.8. The molecule has 1 rings (SSSR count). The molecule has 6 nitrogen and oxygen atoms in total. The van der Waals surface area contributed by atoms with E-state index < -0.39 is 11.9 Å². The summed E-state index contributed by atoms with van der Waals surface area (Å²) in [6.07, 6.45) is 3.23. The first-order valence-corrected chi connectivity index (χ1v) is 7.00. The lowest BCUT2D eigenvalue weighted by molar-refractivity contribution is -0.152. The predicted octanol–water partition coefficient (Wildman–Crippen LogP) is 1.15. The average Bonchev–Trinajstić information content (AvgIpc) is 2.82. The van der Waals surface area contributed by atoms with E-state index in [4.69, 9.17) is 4.74 Å². The molecule has 1 atom stereocenters. The van der Waals surface area contributed by atoms with E-state index in [2.05, 4.69) is 18.5 Å². The Bertz CT molecular complexity index is 451. The summed E-state index contributed by atoms with van der Waals surface area (Å²) in [7, 11) is 0. The second-order valence-corrected chi connectivity index (χ2v) is 4.97. The van der Waals surface area contributed by atoms with Crippen LogP contribution in [-0.4, -0.2) is 42.4 Å². The van der Waals surface area contributed by atoms with Crippen LogP contribution in [0, 0.1) is 5.92 Å². The molecule has 1 unspecified atom stereocenters. The highest BCUT2D eigenvalue weighted by Gasteiger charge is 2.36. The highest BCUT2D eigenvalue weighted by Crippen LogP contribution is 2.19. The van der Waals surface area contributed by atoms with E-state index in [1.807, 2.05) is 0 Å². The minimum absolute atomic E-state index is 0. The van der Waals surface area contributed by atoms with Gasteiger partial charge in [0.2, 0.25) is 11.8 Å². The van der Waals surface area contributed by atoms with Gasteiger partial charge in [-0.2, -0.15) is 0 Å². The number of ether oxygens (including phenoxy) is 1. The van der Waals surface area contributed by atoms with Gasteiger partial charge in [-0.1, -0.05) is 13.2 Å². The van der Waals surface area contributed by atoms with Crippen molar-refractivity contribution in [3.63, 3.8) is 0 Å². The normalized spacial score (nSPS) is 16.7. The number of nitrogens with zero attached hydrogens (tertiary/aromatic N) is 1. The summed E-state index contributed by atoms with van der Waals surface area (Å²) in [5, 5.41) is 2.69. The lowest BCUT2D eigenvalue weighted by Crippen LogP contribution is -2.28. The highest BCUT2D eigenvalue weighted by atomic mass is 19.0. The van der Waals surface area contributed by atoms with Crippen LogP contribution in [0.3, 0.4) is 0 Å². The van der Waals surface area contributed by atoms with Crippen LogP contribution < -0.4 is 5.32 Å². The molecule has 124 valence electrons. The molecule has 2 amide bonds. The number of unbranched alkanes of at least 4 members (excludes halogenated alkanes) is 1. The topological polar surface area (TPSA) is 75.7 Å². The van der Waals surface area contributed by atoms with Crippen molar-refractivity contribution in [2.45, 2.75) is 26.2 Å². The van der Waals surface area contributed by atoms with Gasteiger partial charge in [-0.25, -0.2) is 0 Å². The lowest BCUT2D eigenvalue weighted by atomic mass is 10.1. The highest BCUT2D eigenvalue weighted by molar-refractivity contribution is 5.99. The van der Waals surface area contributed by atoms with Gasteiger partial charge >= 0.3 is 5.97 Å². The molecular formula is C15H23FN2O4. The van der Waals surface area contributed by atoms with E-state index in [0.29, 0.717) is 37.9 Å². The molecule has 7 heteroatoms. The zero-order chi connectivity index (χ0) is 15.8. The summed E-state index contributed by atoms with van der Waals surface area (Å²) >= 11 is 0. The zero-order valence-electron chi connectivity index (χ0n) is 12.8. The van der Waals surface area contributed by atoms with Gasteiger partial charge in [0, 0.05) is 18.7 Å². The van der Waals surface area contributed by atoms with Crippen LogP contribution in [0.5, 0.6) is 0 Å². The molecule has 1 aliphatic rings. The van der Waals surface area contributed by atoms with Gasteiger partial charge in [0.05, 0.1) is 6.61 Å². The molecule has 1 aliphatic heterocycles. The number of hydrogen-bond donors (Lipinski definition) is 1. The Hall–Kier alpha value is -2.18. The number of rotatable bonds is 8. The third-order valence-electron chi connectivity index (χ3n) is 3.23. The Kier molecular flexibility index (Phi) is 8.74. The van der Waals surface area contributed by atoms with E-state index in [1.54, 1.807) is 6.92 Å². The third kappa shape index (κ3) is 5.67. The second-order valence-electron chi connectivity index (χ2n) is 4.97.